The Morgan fingerprint density at radius 2 is 1.79 bits per heavy atom. The number of benzene rings is 1. The Balaban J connectivity index is 0.00000288. The van der Waals surface area contributed by atoms with Crippen LogP contribution in [0, 0.1) is 0 Å². The maximum atomic E-state index is 12.0. The van der Waals surface area contributed by atoms with Gasteiger partial charge in [-0.2, -0.15) is 4.57 Å². The van der Waals surface area contributed by atoms with Gasteiger partial charge >= 0.3 is 0 Å². The summed E-state index contributed by atoms with van der Waals surface area (Å²) in [7, 11) is 0. The lowest BCUT2D eigenvalue weighted by Crippen LogP contribution is -3.00. The van der Waals surface area contributed by atoms with Crippen molar-refractivity contribution in [3.63, 3.8) is 0 Å². The molecule has 0 saturated carbocycles. The van der Waals surface area contributed by atoms with Gasteiger partial charge in [0.25, 0.3) is 5.91 Å². The Morgan fingerprint density at radius 1 is 1.17 bits per heavy atom. The molecule has 0 spiro atoms. The van der Waals surface area contributed by atoms with Crippen LogP contribution in [0.15, 0.2) is 36.7 Å². The first-order valence-electron chi connectivity index (χ1n) is 6.61. The fourth-order valence-corrected chi connectivity index (χ4v) is 2.44. The molecule has 1 aromatic carbocycles. The molecule has 2 amide bonds. The second kappa shape index (κ2) is 8.73. The average molecular weight is 391 g/mol. The zero-order valence-corrected chi connectivity index (χ0v) is 14.8. The molecule has 0 radical (unpaired) electrons. The molecular weight excluding hydrogens is 377 g/mol. The van der Waals surface area contributed by atoms with Crippen LogP contribution in [0.5, 0.6) is 5.75 Å². The maximum Gasteiger partial charge on any atom is 0.290 e. The van der Waals surface area contributed by atoms with Crippen LogP contribution in [0.4, 0.5) is 11.4 Å². The fraction of sp³-hybridized carbons (Fsp3) is 0.133. The Kier molecular flexibility index (Phi) is 7.28. The van der Waals surface area contributed by atoms with Gasteiger partial charge in [0.15, 0.2) is 18.1 Å². The molecule has 0 saturated heterocycles. The van der Waals surface area contributed by atoms with E-state index in [1.807, 2.05) is 6.07 Å². The number of carbonyl (C=O) groups is 2. The van der Waals surface area contributed by atoms with Gasteiger partial charge in [0.1, 0.15) is 5.02 Å². The van der Waals surface area contributed by atoms with Gasteiger partial charge in [0.2, 0.25) is 12.5 Å². The average Bonchev–Trinajstić information content (AvgIpc) is 2.50. The SMILES string of the molecule is CC(=O)Nc1c(Cl)cc(NC(=O)C[n+]2ccccc2)c(O)c1Cl.[Cl-]. The number of rotatable bonds is 4. The number of carbonyl (C=O) groups excluding carboxylic acids is 2. The molecule has 1 aromatic heterocycles. The molecule has 24 heavy (non-hydrogen) atoms. The van der Waals surface area contributed by atoms with Crippen molar-refractivity contribution < 1.29 is 31.7 Å². The van der Waals surface area contributed by atoms with E-state index >= 15 is 0 Å². The van der Waals surface area contributed by atoms with E-state index in [1.165, 1.54) is 13.0 Å². The Hall–Kier alpha value is -2.02. The quantitative estimate of drug-likeness (QED) is 0.490. The smallest absolute Gasteiger partial charge is 0.290 e. The number of hydrogen-bond acceptors (Lipinski definition) is 3. The maximum absolute atomic E-state index is 12.0. The van der Waals surface area contributed by atoms with Crippen LogP contribution in [0.2, 0.25) is 10.0 Å². The predicted octanol–water partition coefficient (Wildman–Crippen LogP) is -0.412. The molecule has 9 heteroatoms. The normalized spacial score (nSPS) is 9.79. The van der Waals surface area contributed by atoms with E-state index in [4.69, 9.17) is 23.2 Å². The van der Waals surface area contributed by atoms with Crippen LogP contribution in [0.25, 0.3) is 0 Å². The Bertz CT molecular complexity index is 755. The molecule has 0 atom stereocenters. The van der Waals surface area contributed by atoms with Gasteiger partial charge in [-0.25, -0.2) is 0 Å². The largest absolute Gasteiger partial charge is 1.00 e. The molecule has 3 N–H and O–H groups in total. The second-order valence-electron chi connectivity index (χ2n) is 4.72. The van der Waals surface area contributed by atoms with Crippen molar-refractivity contribution in [2.75, 3.05) is 10.6 Å². The van der Waals surface area contributed by atoms with E-state index in [0.29, 0.717) is 0 Å². The summed E-state index contributed by atoms with van der Waals surface area (Å²) < 4.78 is 1.67. The van der Waals surface area contributed by atoms with Gasteiger partial charge in [0.05, 0.1) is 16.4 Å². The van der Waals surface area contributed by atoms with E-state index < -0.39 is 0 Å². The minimum Gasteiger partial charge on any atom is -1.00 e. The summed E-state index contributed by atoms with van der Waals surface area (Å²) in [5.41, 5.74) is 0.157. The zero-order valence-electron chi connectivity index (χ0n) is 12.5. The molecule has 0 aliphatic heterocycles. The van der Waals surface area contributed by atoms with Crippen molar-refractivity contribution in [1.29, 1.82) is 0 Å². The number of hydrogen-bond donors (Lipinski definition) is 3. The Morgan fingerprint density at radius 3 is 2.38 bits per heavy atom. The number of aromatic hydroxyl groups is 1. The highest BCUT2D eigenvalue weighted by Gasteiger charge is 2.19. The minimum absolute atomic E-state index is 0. The molecule has 1 heterocycles. The molecule has 2 aromatic rings. The first kappa shape index (κ1) is 20.0. The molecule has 0 aliphatic rings. The van der Waals surface area contributed by atoms with Gasteiger partial charge in [-0.15, -0.1) is 0 Å². The van der Waals surface area contributed by atoms with E-state index in [2.05, 4.69) is 10.6 Å². The lowest BCUT2D eigenvalue weighted by atomic mass is 10.2. The van der Waals surface area contributed by atoms with Gasteiger partial charge in [-0.3, -0.25) is 9.59 Å². The first-order chi connectivity index (χ1) is 10.9. The third kappa shape index (κ3) is 4.99. The summed E-state index contributed by atoms with van der Waals surface area (Å²) in [4.78, 5) is 23.1. The summed E-state index contributed by atoms with van der Waals surface area (Å²) in [6, 6.07) is 6.74. The third-order valence-corrected chi connectivity index (χ3v) is 3.54. The monoisotopic (exact) mass is 389 g/mol. The summed E-state index contributed by atoms with van der Waals surface area (Å²) in [6.45, 7) is 1.35. The summed E-state index contributed by atoms with van der Waals surface area (Å²) in [5, 5.41) is 15.0. The van der Waals surface area contributed by atoms with Crippen molar-refractivity contribution in [3.05, 3.63) is 46.7 Å². The van der Waals surface area contributed by atoms with E-state index in [-0.39, 0.29) is 57.9 Å². The predicted molar refractivity (Wildman–Crippen MR) is 87.7 cm³/mol. The van der Waals surface area contributed by atoms with Crippen molar-refractivity contribution in [3.8, 4) is 5.75 Å². The standard InChI is InChI=1S/C15H13Cl2N3O3.ClH/c1-9(21)18-14-10(16)7-11(15(23)13(14)17)19-12(22)8-20-5-3-2-4-6-20;/h2-7H,8H2,1H3,(H2-,18,19,21,22,23);1H. The van der Waals surface area contributed by atoms with Crippen molar-refractivity contribution in [2.24, 2.45) is 0 Å². The van der Waals surface area contributed by atoms with Crippen LogP contribution in [-0.4, -0.2) is 16.9 Å². The van der Waals surface area contributed by atoms with Crippen molar-refractivity contribution in [2.45, 2.75) is 13.5 Å². The van der Waals surface area contributed by atoms with E-state index in [1.54, 1.807) is 29.1 Å². The van der Waals surface area contributed by atoms with Crippen molar-refractivity contribution in [1.82, 2.24) is 0 Å². The van der Waals surface area contributed by atoms with Crippen LogP contribution in [0.1, 0.15) is 6.92 Å². The molecule has 2 rings (SSSR count). The number of anilines is 2. The third-order valence-electron chi connectivity index (χ3n) is 2.87. The Labute approximate surface area is 154 Å². The van der Waals surface area contributed by atoms with Crippen LogP contribution in [-0.2, 0) is 16.1 Å². The van der Waals surface area contributed by atoms with Crippen LogP contribution in [0.3, 0.4) is 0 Å². The van der Waals surface area contributed by atoms with Crippen molar-refractivity contribution >= 4 is 46.4 Å². The van der Waals surface area contributed by atoms with E-state index in [9.17, 15) is 14.7 Å². The number of nitrogens with one attached hydrogen (secondary N) is 2. The van der Waals surface area contributed by atoms with Crippen LogP contribution >= 0.6 is 23.2 Å². The number of aromatic nitrogens is 1. The summed E-state index contributed by atoms with van der Waals surface area (Å²) in [6.07, 6.45) is 3.47. The topological polar surface area (TPSA) is 82.3 Å². The summed E-state index contributed by atoms with van der Waals surface area (Å²) in [5.74, 6) is -1.12. The van der Waals surface area contributed by atoms with Gasteiger partial charge < -0.3 is 28.1 Å². The zero-order chi connectivity index (χ0) is 17.0. The van der Waals surface area contributed by atoms with Crippen LogP contribution < -0.4 is 27.6 Å². The number of phenols is 1. The number of nitrogens with zero attached hydrogens (tertiary/aromatic N) is 1. The summed E-state index contributed by atoms with van der Waals surface area (Å²) >= 11 is 12.0. The van der Waals surface area contributed by atoms with Gasteiger partial charge in [0, 0.05) is 19.1 Å². The second-order valence-corrected chi connectivity index (χ2v) is 5.51. The molecule has 0 unspecified atom stereocenters. The fourth-order valence-electron chi connectivity index (χ4n) is 1.89. The number of amides is 2. The lowest BCUT2D eigenvalue weighted by molar-refractivity contribution is -0.684. The highest BCUT2D eigenvalue weighted by atomic mass is 35.5. The minimum atomic E-state index is -0.384. The van der Waals surface area contributed by atoms with E-state index in [0.717, 1.165) is 0 Å². The van der Waals surface area contributed by atoms with Gasteiger partial charge in [-0.1, -0.05) is 29.3 Å². The molecule has 6 nitrogen and oxygen atoms in total. The highest BCUT2D eigenvalue weighted by Crippen LogP contribution is 2.42. The highest BCUT2D eigenvalue weighted by molar-refractivity contribution is 6.41. The molecule has 0 aliphatic carbocycles. The molecular formula is C15H14Cl3N3O3. The number of phenolic OH excluding ortho intramolecular Hbond substituents is 1. The first-order valence-corrected chi connectivity index (χ1v) is 7.36. The molecule has 128 valence electrons. The van der Waals surface area contributed by atoms with Gasteiger partial charge in [-0.05, 0) is 6.07 Å². The molecule has 0 bridgehead atoms. The lowest BCUT2D eigenvalue weighted by Gasteiger charge is -2.13. The number of halogens is 3. The number of pyridine rings is 1. The molecule has 0 fully saturated rings.